The number of aldehydes is 1. The third kappa shape index (κ3) is 3.52. The lowest BCUT2D eigenvalue weighted by Crippen LogP contribution is -2.19. The molecule has 0 amide bonds. The van der Waals surface area contributed by atoms with E-state index < -0.39 is 34.9 Å². The fraction of sp³-hybridized carbons (Fsp3) is 0.250. The molecule has 0 aliphatic carbocycles. The summed E-state index contributed by atoms with van der Waals surface area (Å²) in [5.41, 5.74) is -1.76. The zero-order valence-corrected chi connectivity index (χ0v) is 8.52. The minimum atomic E-state index is -5.17. The number of ether oxygens (including phenoxy) is 1. The third-order valence-corrected chi connectivity index (χ3v) is 1.85. The van der Waals surface area contributed by atoms with Gasteiger partial charge in [-0.15, -0.1) is 13.2 Å². The SMILES string of the molecule is O=Cc1cc(OC(F)(F)F)c(C(F)F)c(Cl)n1. The molecule has 0 aromatic carbocycles. The number of halogens is 6. The van der Waals surface area contributed by atoms with Crippen LogP contribution in [0.3, 0.4) is 0 Å². The van der Waals surface area contributed by atoms with Crippen molar-refractivity contribution in [3.05, 3.63) is 22.5 Å². The lowest BCUT2D eigenvalue weighted by molar-refractivity contribution is -0.275. The van der Waals surface area contributed by atoms with E-state index in [9.17, 15) is 26.7 Å². The van der Waals surface area contributed by atoms with Crippen LogP contribution in [0.25, 0.3) is 0 Å². The second-order valence-corrected chi connectivity index (χ2v) is 3.07. The molecule has 0 saturated heterocycles. The standard InChI is InChI=1S/C8H3ClF5NO2/c9-6-5(7(10)11)4(17-8(12,13)14)1-3(2-16)15-6/h1-2,7H. The van der Waals surface area contributed by atoms with E-state index >= 15 is 0 Å². The first-order valence-corrected chi connectivity index (χ1v) is 4.32. The second-order valence-electron chi connectivity index (χ2n) is 2.72. The van der Waals surface area contributed by atoms with Gasteiger partial charge in [-0.3, -0.25) is 4.79 Å². The largest absolute Gasteiger partial charge is 0.573 e. The van der Waals surface area contributed by atoms with Gasteiger partial charge in [0.25, 0.3) is 6.43 Å². The van der Waals surface area contributed by atoms with Crippen LogP contribution in [0.2, 0.25) is 5.15 Å². The molecule has 1 aromatic heterocycles. The van der Waals surface area contributed by atoms with Gasteiger partial charge in [-0.1, -0.05) is 11.6 Å². The predicted molar refractivity (Wildman–Crippen MR) is 46.3 cm³/mol. The summed E-state index contributed by atoms with van der Waals surface area (Å²) in [6.07, 6.45) is -8.42. The number of hydrogen-bond donors (Lipinski definition) is 0. The first kappa shape index (κ1) is 13.6. The van der Waals surface area contributed by atoms with E-state index in [2.05, 4.69) is 9.72 Å². The van der Waals surface area contributed by atoms with Gasteiger partial charge >= 0.3 is 6.36 Å². The van der Waals surface area contributed by atoms with Crippen LogP contribution in [-0.4, -0.2) is 17.6 Å². The molecular formula is C8H3ClF5NO2. The Morgan fingerprint density at radius 2 is 2.00 bits per heavy atom. The van der Waals surface area contributed by atoms with Gasteiger partial charge in [0, 0.05) is 6.07 Å². The molecule has 17 heavy (non-hydrogen) atoms. The maximum Gasteiger partial charge on any atom is 0.573 e. The average Bonchev–Trinajstić information content (AvgIpc) is 2.13. The highest BCUT2D eigenvalue weighted by atomic mass is 35.5. The van der Waals surface area contributed by atoms with E-state index in [1.165, 1.54) is 0 Å². The lowest BCUT2D eigenvalue weighted by Gasteiger charge is -2.13. The topological polar surface area (TPSA) is 39.2 Å². The molecule has 1 rings (SSSR count). The second kappa shape index (κ2) is 4.82. The van der Waals surface area contributed by atoms with Crippen molar-refractivity contribution in [2.45, 2.75) is 12.8 Å². The summed E-state index contributed by atoms with van der Waals surface area (Å²) < 4.78 is 64.0. The molecule has 3 nitrogen and oxygen atoms in total. The van der Waals surface area contributed by atoms with Gasteiger partial charge < -0.3 is 4.74 Å². The molecule has 0 atom stereocenters. The highest BCUT2D eigenvalue weighted by molar-refractivity contribution is 6.30. The smallest absolute Gasteiger partial charge is 0.405 e. The van der Waals surface area contributed by atoms with Crippen LogP contribution in [0, 0.1) is 0 Å². The Hall–Kier alpha value is -1.44. The van der Waals surface area contributed by atoms with Crippen molar-refractivity contribution in [1.82, 2.24) is 4.98 Å². The molecule has 0 saturated carbocycles. The molecule has 9 heteroatoms. The number of hydrogen-bond acceptors (Lipinski definition) is 3. The molecule has 0 unspecified atom stereocenters. The van der Waals surface area contributed by atoms with Crippen molar-refractivity contribution < 1.29 is 31.5 Å². The first-order chi connectivity index (χ1) is 7.74. The van der Waals surface area contributed by atoms with Crippen LogP contribution in [0.5, 0.6) is 5.75 Å². The van der Waals surface area contributed by atoms with Crippen LogP contribution in [0.1, 0.15) is 22.5 Å². The molecule has 0 radical (unpaired) electrons. The van der Waals surface area contributed by atoms with E-state index in [0.717, 1.165) is 0 Å². The highest BCUT2D eigenvalue weighted by Gasteiger charge is 2.34. The monoisotopic (exact) mass is 275 g/mol. The maximum absolute atomic E-state index is 12.4. The first-order valence-electron chi connectivity index (χ1n) is 3.94. The molecule has 94 valence electrons. The fourth-order valence-corrected chi connectivity index (χ4v) is 1.26. The Kier molecular flexibility index (Phi) is 3.87. The van der Waals surface area contributed by atoms with Gasteiger partial charge in [0.15, 0.2) is 6.29 Å². The zero-order chi connectivity index (χ0) is 13.2. The van der Waals surface area contributed by atoms with Crippen LogP contribution in [-0.2, 0) is 0 Å². The number of aromatic nitrogens is 1. The molecule has 0 aliphatic rings. The van der Waals surface area contributed by atoms with Crippen LogP contribution in [0.4, 0.5) is 22.0 Å². The van der Waals surface area contributed by atoms with Gasteiger partial charge in [0.1, 0.15) is 16.6 Å². The van der Waals surface area contributed by atoms with Crippen molar-refractivity contribution in [3.63, 3.8) is 0 Å². The van der Waals surface area contributed by atoms with Gasteiger partial charge in [-0.25, -0.2) is 13.8 Å². The molecule has 1 aromatic rings. The lowest BCUT2D eigenvalue weighted by atomic mass is 10.2. The summed E-state index contributed by atoms with van der Waals surface area (Å²) in [5.74, 6) is -1.24. The summed E-state index contributed by atoms with van der Waals surface area (Å²) >= 11 is 5.24. The summed E-state index contributed by atoms with van der Waals surface area (Å²) in [7, 11) is 0. The van der Waals surface area contributed by atoms with Crippen molar-refractivity contribution >= 4 is 17.9 Å². The Morgan fingerprint density at radius 3 is 2.41 bits per heavy atom. The Labute approximate surface area is 96.2 Å². The fourth-order valence-electron chi connectivity index (χ4n) is 0.987. The third-order valence-electron chi connectivity index (χ3n) is 1.56. The number of nitrogens with zero attached hydrogens (tertiary/aromatic N) is 1. The number of rotatable bonds is 3. The normalized spacial score (nSPS) is 11.7. The predicted octanol–water partition coefficient (Wildman–Crippen LogP) is 3.38. The molecule has 0 aliphatic heterocycles. The summed E-state index contributed by atoms with van der Waals surface area (Å²) in [4.78, 5) is 13.5. The summed E-state index contributed by atoms with van der Waals surface area (Å²) in [6.45, 7) is 0. The Bertz CT molecular complexity index is 435. The minimum absolute atomic E-state index is 0.0599. The number of pyridine rings is 1. The van der Waals surface area contributed by atoms with E-state index in [1.807, 2.05) is 0 Å². The van der Waals surface area contributed by atoms with Crippen molar-refractivity contribution in [1.29, 1.82) is 0 Å². The molecular weight excluding hydrogens is 273 g/mol. The molecule has 0 fully saturated rings. The number of carbonyl (C=O) groups excluding carboxylic acids is 1. The number of carbonyl (C=O) groups is 1. The Balaban J connectivity index is 3.32. The van der Waals surface area contributed by atoms with Gasteiger partial charge in [-0.05, 0) is 0 Å². The van der Waals surface area contributed by atoms with E-state index in [1.54, 1.807) is 0 Å². The number of alkyl halides is 5. The van der Waals surface area contributed by atoms with Crippen LogP contribution < -0.4 is 4.74 Å². The summed E-state index contributed by atoms with van der Waals surface area (Å²) in [5, 5.41) is -0.913. The molecule has 0 N–H and O–H groups in total. The van der Waals surface area contributed by atoms with Crippen molar-refractivity contribution in [2.24, 2.45) is 0 Å². The molecule has 0 spiro atoms. The van der Waals surface area contributed by atoms with E-state index in [0.29, 0.717) is 6.07 Å². The van der Waals surface area contributed by atoms with Crippen molar-refractivity contribution in [3.8, 4) is 5.75 Å². The highest BCUT2D eigenvalue weighted by Crippen LogP contribution is 2.37. The van der Waals surface area contributed by atoms with Gasteiger partial charge in [0.05, 0.1) is 5.56 Å². The van der Waals surface area contributed by atoms with Crippen LogP contribution in [0.15, 0.2) is 6.07 Å². The maximum atomic E-state index is 12.4. The Morgan fingerprint density at radius 1 is 1.41 bits per heavy atom. The minimum Gasteiger partial charge on any atom is -0.405 e. The van der Waals surface area contributed by atoms with Gasteiger partial charge in [0.2, 0.25) is 0 Å². The van der Waals surface area contributed by atoms with E-state index in [-0.39, 0.29) is 6.29 Å². The molecule has 1 heterocycles. The zero-order valence-electron chi connectivity index (χ0n) is 7.76. The quantitative estimate of drug-likeness (QED) is 0.482. The molecule has 0 bridgehead atoms. The van der Waals surface area contributed by atoms with E-state index in [4.69, 9.17) is 11.6 Å². The summed E-state index contributed by atoms with van der Waals surface area (Å²) in [6, 6.07) is 0.438. The van der Waals surface area contributed by atoms with Crippen molar-refractivity contribution in [2.75, 3.05) is 0 Å². The van der Waals surface area contributed by atoms with Gasteiger partial charge in [-0.2, -0.15) is 0 Å². The van der Waals surface area contributed by atoms with Crippen LogP contribution >= 0.6 is 11.6 Å². The average molecular weight is 276 g/mol.